The van der Waals surface area contributed by atoms with E-state index < -0.39 is 0 Å². The van der Waals surface area contributed by atoms with E-state index in [-0.39, 0.29) is 0 Å². The lowest BCUT2D eigenvalue weighted by Gasteiger charge is -2.29. The molecule has 0 unspecified atom stereocenters. The van der Waals surface area contributed by atoms with Crippen LogP contribution in [0.15, 0.2) is 46.6 Å². The number of allylic oxidation sites excluding steroid dienone is 3. The summed E-state index contributed by atoms with van der Waals surface area (Å²) < 4.78 is 5.44. The highest BCUT2D eigenvalue weighted by Gasteiger charge is 2.24. The smallest absolute Gasteiger partial charge is 0.104 e. The monoisotopic (exact) mass is 216 g/mol. The quantitative estimate of drug-likeness (QED) is 0.684. The van der Waals surface area contributed by atoms with E-state index in [0.717, 1.165) is 12.2 Å². The minimum atomic E-state index is 0.567. The van der Waals surface area contributed by atoms with E-state index in [1.165, 1.54) is 24.0 Å². The maximum Gasteiger partial charge on any atom is 0.104 e. The molecule has 0 spiro atoms. The molecule has 1 aliphatic carbocycles. The summed E-state index contributed by atoms with van der Waals surface area (Å²) in [4.78, 5) is 0. The van der Waals surface area contributed by atoms with Crippen LogP contribution in [0.2, 0.25) is 0 Å². The first-order valence-corrected chi connectivity index (χ1v) is 6.02. The fourth-order valence-electron chi connectivity index (χ4n) is 2.64. The Bertz CT molecular complexity index is 384. The second-order valence-corrected chi connectivity index (χ2v) is 4.95. The van der Waals surface area contributed by atoms with E-state index in [2.05, 4.69) is 32.6 Å². The lowest BCUT2D eigenvalue weighted by molar-refractivity contribution is 0.370. The molecule has 0 radical (unpaired) electrons. The molecule has 0 fully saturated rings. The number of rotatable bonds is 3. The van der Waals surface area contributed by atoms with Gasteiger partial charge in [-0.3, -0.25) is 0 Å². The lowest BCUT2D eigenvalue weighted by Crippen LogP contribution is -2.20. The SMILES string of the molecule is C=C(C)[C@H]1CCC(C)=C[C@H]1Cc1ccco1. The minimum absolute atomic E-state index is 0.567. The van der Waals surface area contributed by atoms with Crippen molar-refractivity contribution in [2.75, 3.05) is 0 Å². The largest absolute Gasteiger partial charge is 0.469 e. The Hall–Kier alpha value is -1.24. The molecule has 2 rings (SSSR count). The normalized spacial score (nSPS) is 25.2. The molecule has 1 aliphatic rings. The molecule has 1 heterocycles. The van der Waals surface area contributed by atoms with Gasteiger partial charge in [-0.05, 0) is 50.7 Å². The van der Waals surface area contributed by atoms with Crippen molar-refractivity contribution >= 4 is 0 Å². The van der Waals surface area contributed by atoms with Crippen molar-refractivity contribution in [1.82, 2.24) is 0 Å². The summed E-state index contributed by atoms with van der Waals surface area (Å²) in [5.41, 5.74) is 2.81. The van der Waals surface area contributed by atoms with E-state index >= 15 is 0 Å². The highest BCUT2D eigenvalue weighted by molar-refractivity contribution is 5.16. The van der Waals surface area contributed by atoms with Crippen LogP contribution in [0.4, 0.5) is 0 Å². The van der Waals surface area contributed by atoms with E-state index in [0.29, 0.717) is 11.8 Å². The Morgan fingerprint density at radius 2 is 2.38 bits per heavy atom. The molecule has 0 N–H and O–H groups in total. The standard InChI is InChI=1S/C15H20O/c1-11(2)15-7-6-12(3)9-13(15)10-14-5-4-8-16-14/h4-5,8-9,13,15H,1,6-7,10H2,2-3H3/t13-,15+/m0/s1. The zero-order valence-electron chi connectivity index (χ0n) is 10.2. The summed E-state index contributed by atoms with van der Waals surface area (Å²) in [6.45, 7) is 8.50. The van der Waals surface area contributed by atoms with Crippen LogP contribution in [0, 0.1) is 11.8 Å². The van der Waals surface area contributed by atoms with Crippen molar-refractivity contribution in [1.29, 1.82) is 0 Å². The molecule has 0 saturated carbocycles. The molecule has 2 atom stereocenters. The average molecular weight is 216 g/mol. The minimum Gasteiger partial charge on any atom is -0.469 e. The van der Waals surface area contributed by atoms with Gasteiger partial charge in [0.1, 0.15) is 5.76 Å². The topological polar surface area (TPSA) is 13.1 Å². The molecule has 1 nitrogen and oxygen atoms in total. The molecule has 0 amide bonds. The summed E-state index contributed by atoms with van der Waals surface area (Å²) in [7, 11) is 0. The Labute approximate surface area is 97.9 Å². The third kappa shape index (κ3) is 2.46. The first-order valence-electron chi connectivity index (χ1n) is 6.02. The van der Waals surface area contributed by atoms with Gasteiger partial charge in [0.15, 0.2) is 0 Å². The van der Waals surface area contributed by atoms with Crippen LogP contribution in [-0.4, -0.2) is 0 Å². The van der Waals surface area contributed by atoms with Gasteiger partial charge in [-0.15, -0.1) is 0 Å². The molecule has 86 valence electrons. The molecule has 16 heavy (non-hydrogen) atoms. The van der Waals surface area contributed by atoms with Gasteiger partial charge in [-0.2, -0.15) is 0 Å². The van der Waals surface area contributed by atoms with Crippen molar-refractivity contribution < 1.29 is 4.42 Å². The van der Waals surface area contributed by atoms with Crippen molar-refractivity contribution in [3.8, 4) is 0 Å². The molecule has 0 aliphatic heterocycles. The van der Waals surface area contributed by atoms with Gasteiger partial charge in [-0.25, -0.2) is 0 Å². The molecule has 1 aromatic heterocycles. The first kappa shape index (κ1) is 11.3. The van der Waals surface area contributed by atoms with Gasteiger partial charge in [0.05, 0.1) is 6.26 Å². The van der Waals surface area contributed by atoms with Crippen LogP contribution in [-0.2, 0) is 6.42 Å². The highest BCUT2D eigenvalue weighted by Crippen LogP contribution is 2.35. The zero-order valence-corrected chi connectivity index (χ0v) is 10.2. The highest BCUT2D eigenvalue weighted by atomic mass is 16.3. The predicted octanol–water partition coefficient (Wildman–Crippen LogP) is 4.37. The van der Waals surface area contributed by atoms with Crippen LogP contribution >= 0.6 is 0 Å². The van der Waals surface area contributed by atoms with Crippen LogP contribution in [0.25, 0.3) is 0 Å². The number of hydrogen-bond donors (Lipinski definition) is 0. The molecular formula is C15H20O. The molecule has 0 bridgehead atoms. The van der Waals surface area contributed by atoms with E-state index in [9.17, 15) is 0 Å². The van der Waals surface area contributed by atoms with Crippen LogP contribution < -0.4 is 0 Å². The summed E-state index contributed by atoms with van der Waals surface area (Å²) in [6.07, 6.45) is 7.62. The summed E-state index contributed by atoms with van der Waals surface area (Å²) in [5.74, 6) is 2.27. The molecule has 1 heteroatoms. The van der Waals surface area contributed by atoms with Crippen molar-refractivity contribution in [3.63, 3.8) is 0 Å². The van der Waals surface area contributed by atoms with Crippen LogP contribution in [0.3, 0.4) is 0 Å². The molecule has 0 saturated heterocycles. The Kier molecular flexibility index (Phi) is 3.33. The second-order valence-electron chi connectivity index (χ2n) is 4.95. The van der Waals surface area contributed by atoms with Gasteiger partial charge in [0.25, 0.3) is 0 Å². The lowest BCUT2D eigenvalue weighted by atomic mass is 9.76. The summed E-state index contributed by atoms with van der Waals surface area (Å²) >= 11 is 0. The fourth-order valence-corrected chi connectivity index (χ4v) is 2.64. The average Bonchev–Trinajstić information content (AvgIpc) is 2.70. The van der Waals surface area contributed by atoms with Gasteiger partial charge in [0, 0.05) is 6.42 Å². The second kappa shape index (κ2) is 4.73. The van der Waals surface area contributed by atoms with Crippen LogP contribution in [0.5, 0.6) is 0 Å². The molecule has 1 aromatic rings. The van der Waals surface area contributed by atoms with Gasteiger partial charge in [0.2, 0.25) is 0 Å². The van der Waals surface area contributed by atoms with E-state index in [1.807, 2.05) is 6.07 Å². The first-order chi connectivity index (χ1) is 7.66. The third-order valence-electron chi connectivity index (χ3n) is 3.52. The maximum absolute atomic E-state index is 5.44. The zero-order chi connectivity index (χ0) is 11.5. The van der Waals surface area contributed by atoms with Crippen molar-refractivity contribution in [3.05, 3.63) is 48.0 Å². The van der Waals surface area contributed by atoms with Crippen LogP contribution in [0.1, 0.15) is 32.4 Å². The Balaban J connectivity index is 2.14. The predicted molar refractivity (Wildman–Crippen MR) is 67.2 cm³/mol. The number of hydrogen-bond acceptors (Lipinski definition) is 1. The molecular weight excluding hydrogens is 196 g/mol. The van der Waals surface area contributed by atoms with Gasteiger partial charge >= 0.3 is 0 Å². The maximum atomic E-state index is 5.44. The van der Waals surface area contributed by atoms with E-state index in [4.69, 9.17) is 4.42 Å². The molecule has 0 aromatic carbocycles. The van der Waals surface area contributed by atoms with Crippen molar-refractivity contribution in [2.24, 2.45) is 11.8 Å². The fraction of sp³-hybridized carbons (Fsp3) is 0.467. The third-order valence-corrected chi connectivity index (χ3v) is 3.52. The Morgan fingerprint density at radius 3 is 3.00 bits per heavy atom. The van der Waals surface area contributed by atoms with Crippen molar-refractivity contribution in [2.45, 2.75) is 33.1 Å². The summed E-state index contributed by atoms with van der Waals surface area (Å²) in [5, 5.41) is 0. The van der Waals surface area contributed by atoms with Gasteiger partial charge in [-0.1, -0.05) is 23.8 Å². The van der Waals surface area contributed by atoms with Gasteiger partial charge < -0.3 is 4.42 Å². The summed E-state index contributed by atoms with van der Waals surface area (Å²) in [6, 6.07) is 4.03. The number of furan rings is 1. The van der Waals surface area contributed by atoms with E-state index in [1.54, 1.807) is 6.26 Å². The Morgan fingerprint density at radius 1 is 1.56 bits per heavy atom.